The van der Waals surface area contributed by atoms with E-state index in [-0.39, 0.29) is 10.8 Å². The lowest BCUT2D eigenvalue weighted by molar-refractivity contribution is 0.605. The molecular weight excluding hydrogens is 293 g/mol. The first kappa shape index (κ1) is 12.2. The van der Waals surface area contributed by atoms with Crippen molar-refractivity contribution in [1.82, 2.24) is 10.2 Å². The number of H-pyrrole nitrogens is 1. The van der Waals surface area contributed by atoms with Gasteiger partial charge in [-0.05, 0) is 11.7 Å². The van der Waals surface area contributed by atoms with Gasteiger partial charge in [0.05, 0.1) is 28.2 Å². The van der Waals surface area contributed by atoms with E-state index in [9.17, 15) is 4.39 Å². The largest absolute Gasteiger partial charge is 0.335 e. The Bertz CT molecular complexity index is 641. The minimum absolute atomic E-state index is 0.153. The van der Waals surface area contributed by atoms with E-state index in [2.05, 4.69) is 10.2 Å². The second-order valence-electron chi connectivity index (χ2n) is 3.72. The Hall–Kier alpha value is -0.850. The molecule has 0 fully saturated rings. The molecule has 2 aromatic rings. The highest BCUT2D eigenvalue weighted by atomic mass is 35.5. The van der Waals surface area contributed by atoms with Crippen molar-refractivity contribution in [3.63, 3.8) is 0 Å². The molecule has 0 saturated heterocycles. The van der Waals surface area contributed by atoms with Crippen molar-refractivity contribution in [2.75, 3.05) is 17.0 Å². The molecule has 2 heterocycles. The molecule has 1 N–H and O–H groups in total. The van der Waals surface area contributed by atoms with E-state index >= 15 is 0 Å². The molecule has 0 unspecified atom stereocenters. The number of halogens is 2. The number of aromatic nitrogens is 2. The van der Waals surface area contributed by atoms with Crippen LogP contribution in [0.25, 0.3) is 10.9 Å². The molecule has 0 aliphatic carbocycles. The third kappa shape index (κ3) is 1.71. The molecule has 0 bridgehead atoms. The molecule has 94 valence electrons. The van der Waals surface area contributed by atoms with Crippen molar-refractivity contribution in [3.05, 3.63) is 28.6 Å². The van der Waals surface area contributed by atoms with Crippen molar-refractivity contribution in [3.8, 4) is 0 Å². The zero-order chi connectivity index (χ0) is 12.7. The van der Waals surface area contributed by atoms with Gasteiger partial charge in [-0.25, -0.2) is 4.39 Å². The van der Waals surface area contributed by atoms with Crippen LogP contribution < -0.4 is 4.90 Å². The summed E-state index contributed by atoms with van der Waals surface area (Å²) >= 11 is 9.14. The molecule has 0 radical (unpaired) electrons. The summed E-state index contributed by atoms with van der Waals surface area (Å²) in [6.45, 7) is 0. The van der Waals surface area contributed by atoms with Gasteiger partial charge >= 0.3 is 0 Å². The lowest BCUT2D eigenvalue weighted by Gasteiger charge is -2.19. The number of hydrogen-bond acceptors (Lipinski definition) is 4. The fraction of sp³-hybridized carbons (Fsp3) is 0.182. The molecular formula is C11H9ClFN3S2. The number of nitrogens with one attached hydrogen (secondary N) is 1. The molecule has 0 saturated carbocycles. The Morgan fingerprint density at radius 2 is 2.44 bits per heavy atom. The third-order valence-electron chi connectivity index (χ3n) is 2.76. The fourth-order valence-corrected chi connectivity index (χ4v) is 3.66. The molecule has 0 atom stereocenters. The number of hydrogen-bond donors (Lipinski definition) is 1. The van der Waals surface area contributed by atoms with Crippen LogP contribution in [0.2, 0.25) is 5.02 Å². The van der Waals surface area contributed by atoms with E-state index in [0.29, 0.717) is 16.1 Å². The Morgan fingerprint density at radius 3 is 3.11 bits per heavy atom. The Kier molecular flexibility index (Phi) is 3.17. The highest BCUT2D eigenvalue weighted by Crippen LogP contribution is 2.43. The molecule has 1 aliphatic heterocycles. The first-order chi connectivity index (χ1) is 8.74. The molecule has 18 heavy (non-hydrogen) atoms. The van der Waals surface area contributed by atoms with Crippen LogP contribution in [0.1, 0.15) is 0 Å². The van der Waals surface area contributed by atoms with Gasteiger partial charge < -0.3 is 4.90 Å². The molecule has 3 rings (SSSR count). The molecule has 0 amide bonds. The van der Waals surface area contributed by atoms with Gasteiger partial charge in [-0.2, -0.15) is 5.10 Å². The average Bonchev–Trinajstić information content (AvgIpc) is 3.02. The van der Waals surface area contributed by atoms with Crippen LogP contribution in [-0.2, 0) is 0 Å². The van der Waals surface area contributed by atoms with Gasteiger partial charge in [0.15, 0.2) is 5.82 Å². The Morgan fingerprint density at radius 1 is 1.61 bits per heavy atom. The van der Waals surface area contributed by atoms with Crippen LogP contribution >= 0.6 is 35.1 Å². The lowest BCUT2D eigenvalue weighted by atomic mass is 10.2. The first-order valence-corrected chi connectivity index (χ1v) is 7.82. The summed E-state index contributed by atoms with van der Waals surface area (Å²) in [5.41, 5.74) is 1.38. The maximum Gasteiger partial charge on any atom is 0.159 e. The third-order valence-corrected chi connectivity index (χ3v) is 4.64. The van der Waals surface area contributed by atoms with Gasteiger partial charge in [-0.15, -0.1) is 23.5 Å². The monoisotopic (exact) mass is 301 g/mol. The number of fused-ring (bicyclic) bond motifs is 1. The van der Waals surface area contributed by atoms with Crippen LogP contribution in [0.5, 0.6) is 0 Å². The summed E-state index contributed by atoms with van der Waals surface area (Å²) in [6, 6.07) is 0. The van der Waals surface area contributed by atoms with E-state index in [0.717, 1.165) is 11.3 Å². The first-order valence-electron chi connectivity index (χ1n) is 5.17. The Balaban J connectivity index is 2.33. The standard InChI is InChI=1S/C11H9ClFN3S2/c1-17-11-8(13)7(12)10(16-2-3-18-5-16)6-4-14-15-9(6)11/h2-4H,5H2,1H3,(H,14,15). The molecule has 1 aromatic carbocycles. The van der Waals surface area contributed by atoms with Crippen LogP contribution in [0, 0.1) is 5.82 Å². The van der Waals surface area contributed by atoms with Gasteiger partial charge in [0.2, 0.25) is 0 Å². The maximum atomic E-state index is 14.3. The maximum absolute atomic E-state index is 14.3. The number of thioether (sulfide) groups is 2. The minimum atomic E-state index is -0.388. The normalized spacial score (nSPS) is 14.9. The fourth-order valence-electron chi connectivity index (χ4n) is 1.96. The Labute approximate surface area is 117 Å². The number of rotatable bonds is 2. The molecule has 0 spiro atoms. The van der Waals surface area contributed by atoms with E-state index < -0.39 is 0 Å². The number of anilines is 1. The average molecular weight is 302 g/mol. The highest BCUT2D eigenvalue weighted by molar-refractivity contribution is 8.02. The summed E-state index contributed by atoms with van der Waals surface area (Å²) in [5.74, 6) is 0.346. The van der Waals surface area contributed by atoms with Gasteiger partial charge in [-0.3, -0.25) is 5.10 Å². The van der Waals surface area contributed by atoms with Gasteiger partial charge in [-0.1, -0.05) is 11.6 Å². The van der Waals surface area contributed by atoms with E-state index in [1.165, 1.54) is 11.8 Å². The van der Waals surface area contributed by atoms with E-state index in [1.807, 2.05) is 22.8 Å². The highest BCUT2D eigenvalue weighted by Gasteiger charge is 2.23. The lowest BCUT2D eigenvalue weighted by Crippen LogP contribution is -2.12. The summed E-state index contributed by atoms with van der Waals surface area (Å²) in [4.78, 5) is 2.44. The quantitative estimate of drug-likeness (QED) is 0.848. The topological polar surface area (TPSA) is 31.9 Å². The van der Waals surface area contributed by atoms with Gasteiger partial charge in [0.1, 0.15) is 5.02 Å². The summed E-state index contributed by atoms with van der Waals surface area (Å²) in [6.07, 6.45) is 5.41. The van der Waals surface area contributed by atoms with Gasteiger partial charge in [0, 0.05) is 11.6 Å². The predicted molar refractivity (Wildman–Crippen MR) is 76.9 cm³/mol. The SMILES string of the molecule is CSc1c(F)c(Cl)c(N2C=CSC2)c2cn[nH]c12. The predicted octanol–water partition coefficient (Wildman–Crippen LogP) is 4.06. The number of nitrogens with zero attached hydrogens (tertiary/aromatic N) is 2. The van der Waals surface area contributed by atoms with Crippen LogP contribution in [0.15, 0.2) is 22.7 Å². The van der Waals surface area contributed by atoms with Crippen molar-refractivity contribution >= 4 is 51.7 Å². The van der Waals surface area contributed by atoms with Crippen LogP contribution in [-0.4, -0.2) is 22.3 Å². The van der Waals surface area contributed by atoms with E-state index in [1.54, 1.807) is 18.0 Å². The van der Waals surface area contributed by atoms with Crippen molar-refractivity contribution < 1.29 is 4.39 Å². The molecule has 1 aliphatic rings. The smallest absolute Gasteiger partial charge is 0.159 e. The van der Waals surface area contributed by atoms with Crippen LogP contribution in [0.3, 0.4) is 0 Å². The minimum Gasteiger partial charge on any atom is -0.335 e. The molecule has 7 heteroatoms. The zero-order valence-electron chi connectivity index (χ0n) is 9.41. The summed E-state index contributed by atoms with van der Waals surface area (Å²) < 4.78 is 14.3. The number of aromatic amines is 1. The van der Waals surface area contributed by atoms with E-state index in [4.69, 9.17) is 11.6 Å². The summed E-state index contributed by atoms with van der Waals surface area (Å²) in [5, 5.41) is 9.81. The van der Waals surface area contributed by atoms with Crippen molar-refractivity contribution in [2.24, 2.45) is 0 Å². The second-order valence-corrected chi connectivity index (χ2v) is 5.78. The molecule has 3 nitrogen and oxygen atoms in total. The van der Waals surface area contributed by atoms with Gasteiger partial charge in [0.25, 0.3) is 0 Å². The number of benzene rings is 1. The van der Waals surface area contributed by atoms with Crippen molar-refractivity contribution in [2.45, 2.75) is 4.90 Å². The van der Waals surface area contributed by atoms with Crippen molar-refractivity contribution in [1.29, 1.82) is 0 Å². The summed E-state index contributed by atoms with van der Waals surface area (Å²) in [7, 11) is 0. The second kappa shape index (κ2) is 4.68. The molecule has 1 aromatic heterocycles. The zero-order valence-corrected chi connectivity index (χ0v) is 11.8. The van der Waals surface area contributed by atoms with Crippen LogP contribution in [0.4, 0.5) is 10.1 Å².